The summed E-state index contributed by atoms with van der Waals surface area (Å²) in [5.41, 5.74) is 4.27. The molecular weight excluding hydrogens is 304 g/mol. The normalized spacial score (nSPS) is 10.5. The van der Waals surface area contributed by atoms with E-state index in [1.54, 1.807) is 0 Å². The first-order chi connectivity index (χ1) is 11.2. The predicted molar refractivity (Wildman–Crippen MR) is 95.7 cm³/mol. The number of thiazole rings is 1. The maximum Gasteiger partial charge on any atom is 0.230 e. The molecule has 3 rings (SSSR count). The van der Waals surface area contributed by atoms with Crippen molar-refractivity contribution in [1.29, 1.82) is 0 Å². The van der Waals surface area contributed by atoms with Crippen molar-refractivity contribution in [2.75, 3.05) is 5.32 Å². The van der Waals surface area contributed by atoms with Gasteiger partial charge in [-0.05, 0) is 17.5 Å². The quantitative estimate of drug-likeness (QED) is 0.748. The van der Waals surface area contributed by atoms with Gasteiger partial charge in [0.15, 0.2) is 5.13 Å². The van der Waals surface area contributed by atoms with Crippen LogP contribution >= 0.6 is 11.3 Å². The largest absolute Gasteiger partial charge is 0.302 e. The van der Waals surface area contributed by atoms with Gasteiger partial charge in [-0.15, -0.1) is 11.3 Å². The maximum absolute atomic E-state index is 12.1. The molecule has 0 bridgehead atoms. The van der Waals surface area contributed by atoms with Crippen LogP contribution in [0.3, 0.4) is 0 Å². The number of aromatic nitrogens is 1. The number of carbonyl (C=O) groups is 1. The number of nitrogens with one attached hydrogen (secondary N) is 1. The van der Waals surface area contributed by atoms with Crippen LogP contribution in [0, 0.1) is 0 Å². The van der Waals surface area contributed by atoms with Gasteiger partial charge in [-0.3, -0.25) is 4.79 Å². The van der Waals surface area contributed by atoms with Gasteiger partial charge in [0.25, 0.3) is 0 Å². The van der Waals surface area contributed by atoms with Crippen molar-refractivity contribution in [3.63, 3.8) is 0 Å². The molecule has 0 saturated carbocycles. The molecule has 116 valence electrons. The van der Waals surface area contributed by atoms with Gasteiger partial charge in [0.05, 0.1) is 12.1 Å². The molecule has 0 aliphatic rings. The van der Waals surface area contributed by atoms with Crippen LogP contribution in [0.4, 0.5) is 5.13 Å². The number of benzene rings is 2. The number of rotatable bonds is 5. The summed E-state index contributed by atoms with van der Waals surface area (Å²) in [7, 11) is 0. The van der Waals surface area contributed by atoms with Crippen LogP contribution in [-0.4, -0.2) is 10.9 Å². The summed E-state index contributed by atoms with van der Waals surface area (Å²) in [6.45, 7) is 2.14. The summed E-state index contributed by atoms with van der Waals surface area (Å²) in [6, 6.07) is 18.1. The Hall–Kier alpha value is -2.46. The Morgan fingerprint density at radius 2 is 1.78 bits per heavy atom. The van der Waals surface area contributed by atoms with Crippen molar-refractivity contribution in [3.8, 4) is 11.3 Å². The molecule has 0 spiro atoms. The summed E-state index contributed by atoms with van der Waals surface area (Å²) in [6.07, 6.45) is 1.39. The number of carbonyl (C=O) groups excluding carboxylic acids is 1. The monoisotopic (exact) mass is 322 g/mol. The Labute approximate surface area is 140 Å². The van der Waals surface area contributed by atoms with Gasteiger partial charge in [-0.25, -0.2) is 4.98 Å². The molecular formula is C19H18N2OS. The number of anilines is 1. The van der Waals surface area contributed by atoms with Gasteiger partial charge in [-0.1, -0.05) is 61.5 Å². The van der Waals surface area contributed by atoms with Crippen molar-refractivity contribution in [1.82, 2.24) is 4.98 Å². The highest BCUT2D eigenvalue weighted by Gasteiger charge is 2.08. The Bertz CT molecular complexity index is 779. The molecule has 1 N–H and O–H groups in total. The van der Waals surface area contributed by atoms with Crippen LogP contribution in [0.25, 0.3) is 11.3 Å². The lowest BCUT2D eigenvalue weighted by molar-refractivity contribution is -0.115. The zero-order valence-electron chi connectivity index (χ0n) is 13.0. The molecule has 0 radical (unpaired) electrons. The van der Waals surface area contributed by atoms with E-state index < -0.39 is 0 Å². The molecule has 23 heavy (non-hydrogen) atoms. The minimum Gasteiger partial charge on any atom is -0.302 e. The average molecular weight is 322 g/mol. The zero-order valence-corrected chi connectivity index (χ0v) is 13.8. The molecule has 0 atom stereocenters. The highest BCUT2D eigenvalue weighted by molar-refractivity contribution is 7.14. The summed E-state index contributed by atoms with van der Waals surface area (Å²) >= 11 is 1.45. The fourth-order valence-corrected chi connectivity index (χ4v) is 3.06. The van der Waals surface area contributed by atoms with Gasteiger partial charge in [-0.2, -0.15) is 0 Å². The standard InChI is InChI=1S/C19H18N2OS/c1-2-14-8-10-16(11-9-14)17-13-23-19(20-17)21-18(22)12-15-6-4-3-5-7-15/h3-11,13H,2,12H2,1H3,(H,20,21,22). The first-order valence-electron chi connectivity index (χ1n) is 7.63. The highest BCUT2D eigenvalue weighted by atomic mass is 32.1. The molecule has 2 aromatic carbocycles. The lowest BCUT2D eigenvalue weighted by atomic mass is 10.1. The lowest BCUT2D eigenvalue weighted by Gasteiger charge is -2.02. The molecule has 0 saturated heterocycles. The van der Waals surface area contributed by atoms with E-state index in [1.165, 1.54) is 16.9 Å². The predicted octanol–water partition coefficient (Wildman–Crippen LogP) is 4.55. The SMILES string of the molecule is CCc1ccc(-c2csc(NC(=O)Cc3ccccc3)n2)cc1. The first kappa shape index (κ1) is 15.4. The topological polar surface area (TPSA) is 42.0 Å². The van der Waals surface area contributed by atoms with Crippen LogP contribution in [0.2, 0.25) is 0 Å². The Kier molecular flexibility index (Phi) is 4.83. The first-order valence-corrected chi connectivity index (χ1v) is 8.51. The molecule has 1 aromatic heterocycles. The van der Waals surface area contributed by atoms with E-state index in [1.807, 2.05) is 35.7 Å². The minimum absolute atomic E-state index is 0.0431. The zero-order chi connectivity index (χ0) is 16.1. The van der Waals surface area contributed by atoms with Crippen LogP contribution < -0.4 is 5.32 Å². The van der Waals surface area contributed by atoms with Crippen LogP contribution in [0.15, 0.2) is 60.0 Å². The lowest BCUT2D eigenvalue weighted by Crippen LogP contribution is -2.14. The number of hydrogen-bond donors (Lipinski definition) is 1. The van der Waals surface area contributed by atoms with E-state index in [4.69, 9.17) is 0 Å². The van der Waals surface area contributed by atoms with Gasteiger partial charge < -0.3 is 5.32 Å². The van der Waals surface area contributed by atoms with E-state index >= 15 is 0 Å². The number of hydrogen-bond acceptors (Lipinski definition) is 3. The van der Waals surface area contributed by atoms with Gasteiger partial charge in [0.2, 0.25) is 5.91 Å². The summed E-state index contributed by atoms with van der Waals surface area (Å²) in [5, 5.41) is 5.48. The van der Waals surface area contributed by atoms with Crippen molar-refractivity contribution >= 4 is 22.4 Å². The fourth-order valence-electron chi connectivity index (χ4n) is 2.32. The third-order valence-corrected chi connectivity index (χ3v) is 4.37. The van der Waals surface area contributed by atoms with E-state index in [0.717, 1.165) is 23.2 Å². The van der Waals surface area contributed by atoms with Gasteiger partial charge in [0, 0.05) is 10.9 Å². The second-order valence-corrected chi connectivity index (χ2v) is 6.16. The summed E-state index contributed by atoms with van der Waals surface area (Å²) < 4.78 is 0. The van der Waals surface area contributed by atoms with Gasteiger partial charge >= 0.3 is 0 Å². The van der Waals surface area contributed by atoms with E-state index in [2.05, 4.69) is 41.5 Å². The molecule has 0 aliphatic heterocycles. The summed E-state index contributed by atoms with van der Waals surface area (Å²) in [5.74, 6) is -0.0431. The van der Waals surface area contributed by atoms with Crippen molar-refractivity contribution in [3.05, 3.63) is 71.1 Å². The van der Waals surface area contributed by atoms with Crippen molar-refractivity contribution in [2.24, 2.45) is 0 Å². The second kappa shape index (κ2) is 7.20. The van der Waals surface area contributed by atoms with E-state index in [9.17, 15) is 4.79 Å². The van der Waals surface area contributed by atoms with Crippen LogP contribution in [-0.2, 0) is 17.6 Å². The molecule has 1 heterocycles. The molecule has 0 fully saturated rings. The number of nitrogens with zero attached hydrogens (tertiary/aromatic N) is 1. The van der Waals surface area contributed by atoms with Crippen LogP contribution in [0.1, 0.15) is 18.1 Å². The van der Waals surface area contributed by atoms with Crippen molar-refractivity contribution in [2.45, 2.75) is 19.8 Å². The Balaban J connectivity index is 1.65. The molecule has 3 nitrogen and oxygen atoms in total. The number of amides is 1. The molecule has 0 aliphatic carbocycles. The molecule has 1 amide bonds. The Morgan fingerprint density at radius 3 is 2.48 bits per heavy atom. The molecule has 0 unspecified atom stereocenters. The second-order valence-electron chi connectivity index (χ2n) is 5.30. The van der Waals surface area contributed by atoms with Crippen LogP contribution in [0.5, 0.6) is 0 Å². The summed E-state index contributed by atoms with van der Waals surface area (Å²) in [4.78, 5) is 16.6. The van der Waals surface area contributed by atoms with Gasteiger partial charge in [0.1, 0.15) is 0 Å². The minimum atomic E-state index is -0.0431. The van der Waals surface area contributed by atoms with Crippen molar-refractivity contribution < 1.29 is 4.79 Å². The number of aryl methyl sites for hydroxylation is 1. The van der Waals surface area contributed by atoms with E-state index in [-0.39, 0.29) is 5.91 Å². The fraction of sp³-hybridized carbons (Fsp3) is 0.158. The smallest absolute Gasteiger partial charge is 0.230 e. The third kappa shape index (κ3) is 4.05. The van der Waals surface area contributed by atoms with E-state index in [0.29, 0.717) is 11.6 Å². The Morgan fingerprint density at radius 1 is 1.04 bits per heavy atom. The molecule has 4 heteroatoms. The average Bonchev–Trinajstić information content (AvgIpc) is 3.04. The maximum atomic E-state index is 12.1. The highest BCUT2D eigenvalue weighted by Crippen LogP contribution is 2.25. The third-order valence-electron chi connectivity index (χ3n) is 3.62. The molecule has 3 aromatic rings.